The summed E-state index contributed by atoms with van der Waals surface area (Å²) in [6.45, 7) is 1.32. The van der Waals surface area contributed by atoms with Gasteiger partial charge in [-0.2, -0.15) is 0 Å². The van der Waals surface area contributed by atoms with Gasteiger partial charge < -0.3 is 53.0 Å². The number of ether oxygens (including phenoxy) is 7. The Balaban J connectivity index is 0.896. The lowest BCUT2D eigenvalue weighted by Gasteiger charge is -2.49. The Morgan fingerprint density at radius 2 is 1.31 bits per heavy atom. The van der Waals surface area contributed by atoms with Crippen LogP contribution < -0.4 is 20.1 Å². The molecule has 0 saturated carbocycles. The quantitative estimate of drug-likeness (QED) is 0.00652. The molecule has 22 heteroatoms. The zero-order valence-corrected chi connectivity index (χ0v) is 48.4. The van der Waals surface area contributed by atoms with E-state index in [1.54, 1.807) is 37.8 Å². The Bertz CT molecular complexity index is 3390. The highest BCUT2D eigenvalue weighted by molar-refractivity contribution is 8.01. The first kappa shape index (κ1) is 58.8. The Hall–Kier alpha value is -8.35. The summed E-state index contributed by atoms with van der Waals surface area (Å²) < 4.78 is 45.6. The smallest absolute Gasteiger partial charge is 0.356 e. The highest BCUT2D eigenvalue weighted by Gasteiger charge is 2.55. The van der Waals surface area contributed by atoms with E-state index in [-0.39, 0.29) is 53.3 Å². The van der Waals surface area contributed by atoms with Crippen LogP contribution in [-0.2, 0) is 48.4 Å². The summed E-state index contributed by atoms with van der Waals surface area (Å²) in [6, 6.07) is 53.0. The molecule has 2 amide bonds. The minimum absolute atomic E-state index is 0.0495. The molecule has 4 heterocycles. The van der Waals surface area contributed by atoms with E-state index in [1.807, 2.05) is 115 Å². The van der Waals surface area contributed by atoms with Gasteiger partial charge in [0.25, 0.3) is 17.0 Å². The number of carbonyl (C=O) groups excluding carboxylic acids is 3. The third kappa shape index (κ3) is 13.7. The zero-order valence-electron chi connectivity index (χ0n) is 46.0. The maximum atomic E-state index is 14.9. The van der Waals surface area contributed by atoms with Gasteiger partial charge >= 0.3 is 5.97 Å². The second kappa shape index (κ2) is 28.8. The summed E-state index contributed by atoms with van der Waals surface area (Å²) in [5.74, 6) is -0.619. The molecule has 2 aliphatic heterocycles. The van der Waals surface area contributed by atoms with E-state index in [9.17, 15) is 14.4 Å². The van der Waals surface area contributed by atoms with Crippen LogP contribution in [0.1, 0.15) is 39.6 Å². The number of amides is 2. The van der Waals surface area contributed by atoms with Crippen LogP contribution in [0.5, 0.6) is 11.5 Å². The molecule has 8 aromatic rings. The van der Waals surface area contributed by atoms with E-state index in [2.05, 4.69) is 62.4 Å². The van der Waals surface area contributed by atoms with Gasteiger partial charge in [0.2, 0.25) is 5.89 Å². The first-order valence-electron chi connectivity index (χ1n) is 26.6. The topological polar surface area (TPSA) is 217 Å². The molecule has 6 aromatic carbocycles. The summed E-state index contributed by atoms with van der Waals surface area (Å²) >= 11 is 3.86. The zero-order chi connectivity index (χ0) is 58.1. The fraction of sp³-hybridized carbons (Fsp3) is 0.242. The van der Waals surface area contributed by atoms with Crippen molar-refractivity contribution in [2.75, 3.05) is 78.2 Å². The van der Waals surface area contributed by atoms with Crippen LogP contribution in [0.3, 0.4) is 0 Å². The number of nitrogens with one attached hydrogen (secondary N) is 2. The molecule has 10 rings (SSSR count). The molecule has 2 N–H and O–H groups in total. The number of thiazole rings is 1. The second-order valence-electron chi connectivity index (χ2n) is 18.7. The van der Waals surface area contributed by atoms with Gasteiger partial charge in [-0.25, -0.2) is 9.78 Å². The highest BCUT2D eigenvalue weighted by atomic mass is 32.2. The van der Waals surface area contributed by atoms with Gasteiger partial charge in [0.1, 0.15) is 35.5 Å². The van der Waals surface area contributed by atoms with E-state index < -0.39 is 40.8 Å². The van der Waals surface area contributed by atoms with E-state index >= 15 is 0 Å². The van der Waals surface area contributed by atoms with Gasteiger partial charge in [0.05, 0.1) is 26.4 Å². The Morgan fingerprint density at radius 1 is 0.738 bits per heavy atom. The lowest BCUT2D eigenvalue weighted by Crippen LogP contribution is -2.71. The van der Waals surface area contributed by atoms with Crippen LogP contribution in [0.25, 0.3) is 11.5 Å². The number of hydrogen-bond acceptors (Lipinski definition) is 20. The maximum absolute atomic E-state index is 14.9. The number of benzene rings is 6. The van der Waals surface area contributed by atoms with Crippen LogP contribution in [0.4, 0.5) is 5.13 Å². The first-order chi connectivity index (χ1) is 41.3. The average molecular weight is 1190 g/mol. The van der Waals surface area contributed by atoms with E-state index in [4.69, 9.17) is 47.4 Å². The van der Waals surface area contributed by atoms with E-state index in [1.165, 1.54) is 46.9 Å². The number of hydrogen-bond donors (Lipinski definition) is 2. The third-order valence-electron chi connectivity index (χ3n) is 13.4. The second-order valence-corrected chi connectivity index (χ2v) is 21.6. The molecule has 0 bridgehead atoms. The summed E-state index contributed by atoms with van der Waals surface area (Å²) in [4.78, 5) is 55.7. The van der Waals surface area contributed by atoms with Crippen LogP contribution in [-0.4, -0.2) is 128 Å². The maximum Gasteiger partial charge on any atom is 0.356 e. The number of rotatable bonds is 29. The number of oxime groups is 1. The minimum Gasteiger partial charge on any atom is -0.464 e. The number of β-lactam (4-membered cyclic amide) rings is 1. The van der Waals surface area contributed by atoms with Crippen molar-refractivity contribution < 1.29 is 56.8 Å². The Kier molecular flexibility index (Phi) is 20.1. The van der Waals surface area contributed by atoms with Gasteiger partial charge in [0, 0.05) is 36.7 Å². The Morgan fingerprint density at radius 3 is 1.88 bits per heavy atom. The van der Waals surface area contributed by atoms with Crippen molar-refractivity contribution in [3.63, 3.8) is 0 Å². The predicted octanol–water partition coefficient (Wildman–Crippen LogP) is 9.73. The molecule has 1 saturated heterocycles. The molecule has 0 radical (unpaired) electrons. The average Bonchev–Trinajstić information content (AvgIpc) is 4.44. The molecule has 2 atom stereocenters. The molecular formula is C62H59N7O12S3. The molecule has 0 spiro atoms. The lowest BCUT2D eigenvalue weighted by atomic mass is 9.77. The minimum atomic E-state index is -1.07. The number of esters is 1. The molecule has 2 aliphatic rings. The first-order valence-corrected chi connectivity index (χ1v) is 29.5. The molecule has 84 heavy (non-hydrogen) atoms. The monoisotopic (exact) mass is 1190 g/mol. The number of aromatic nitrogens is 3. The predicted molar refractivity (Wildman–Crippen MR) is 318 cm³/mol. The number of fused-ring (bicyclic) bond motifs is 1. The van der Waals surface area contributed by atoms with Crippen LogP contribution >= 0.6 is 34.9 Å². The number of nitrogens with zero attached hydrogens (tertiary/aromatic N) is 5. The summed E-state index contributed by atoms with van der Waals surface area (Å²) in [5.41, 5.74) is 4.67. The number of carbonyl (C=O) groups is 3. The van der Waals surface area contributed by atoms with Crippen molar-refractivity contribution in [3.8, 4) is 23.0 Å². The van der Waals surface area contributed by atoms with Gasteiger partial charge in [-0.15, -0.1) is 33.3 Å². The van der Waals surface area contributed by atoms with E-state index in [0.29, 0.717) is 54.2 Å². The van der Waals surface area contributed by atoms with Gasteiger partial charge in [-0.1, -0.05) is 169 Å². The fourth-order valence-electron chi connectivity index (χ4n) is 9.44. The van der Waals surface area contributed by atoms with Crippen molar-refractivity contribution in [3.05, 3.63) is 220 Å². The highest BCUT2D eigenvalue weighted by Crippen LogP contribution is 2.44. The summed E-state index contributed by atoms with van der Waals surface area (Å²) in [5, 5.41) is 21.1. The fourth-order valence-corrected chi connectivity index (χ4v) is 12.4. The van der Waals surface area contributed by atoms with Crippen LogP contribution in [0.2, 0.25) is 0 Å². The summed E-state index contributed by atoms with van der Waals surface area (Å²) in [6.07, 6.45) is -0.825. The largest absolute Gasteiger partial charge is 0.464 e. The molecule has 432 valence electrons. The third-order valence-corrected chi connectivity index (χ3v) is 16.4. The molecule has 2 aromatic heterocycles. The van der Waals surface area contributed by atoms with Gasteiger partial charge in [0.15, 0.2) is 42.0 Å². The molecule has 0 unspecified atom stereocenters. The van der Waals surface area contributed by atoms with E-state index in [0.717, 1.165) is 27.8 Å². The normalized spacial score (nSPS) is 15.1. The van der Waals surface area contributed by atoms with Crippen LogP contribution in [0, 0.1) is 0 Å². The van der Waals surface area contributed by atoms with Crippen molar-refractivity contribution in [1.29, 1.82) is 0 Å². The molecule has 19 nitrogen and oxygen atoms in total. The molecular weight excluding hydrogens is 1130 g/mol. The van der Waals surface area contributed by atoms with Crippen molar-refractivity contribution in [2.24, 2.45) is 5.16 Å². The number of anilines is 1. The van der Waals surface area contributed by atoms with Crippen molar-refractivity contribution in [2.45, 2.75) is 28.3 Å². The van der Waals surface area contributed by atoms with Crippen molar-refractivity contribution in [1.82, 2.24) is 25.4 Å². The standard InChI is InChI=1S/C62H59N7O12S3/c1-73-31-33-76-39-78-49-30-29-43(35-50(49)79-40-77-34-32-74-2)56-66-67-61(81-56)84-37-44-36-82-58-52(57(71)69(58)53(44)59(72)80-54(41-19-9-4-10-20-41)42-21-11-5-12-22-42)64-55(70)51(68-75-3)48-38-83-60(63-48)65-62(45-23-13-6-14-24-45,46-25-15-7-16-26-46)47-27-17-8-18-28-47/h4-30,35,38,52,54,58H,31-34,36-37,39-40H2,1-3H3,(H,63,65)(H,64,70)/t52-,58-/m1/s1. The van der Waals surface area contributed by atoms with Gasteiger partial charge in [-0.3, -0.25) is 14.5 Å². The van der Waals surface area contributed by atoms with Crippen LogP contribution in [0.15, 0.2) is 201 Å². The van der Waals surface area contributed by atoms with Crippen molar-refractivity contribution >= 4 is 63.5 Å². The number of thioether (sulfide) groups is 2. The molecule has 0 aliphatic carbocycles. The lowest BCUT2D eigenvalue weighted by molar-refractivity contribution is -0.154. The Labute approximate surface area is 497 Å². The molecule has 1 fully saturated rings. The van der Waals surface area contributed by atoms with Gasteiger partial charge in [-0.05, 0) is 51.6 Å². The number of methoxy groups -OCH3 is 2. The summed E-state index contributed by atoms with van der Waals surface area (Å²) in [7, 11) is 4.50. The SMILES string of the molecule is COCCOCOc1ccc(-c2nnc(SCC3=C(C(=O)OC(c4ccccc4)c4ccccc4)N4C(=O)[C@@H](NC(=O)C(=NOC)c5csc(NC(c6ccccc6)(c6ccccc6)c6ccccc6)n5)[C@H]4SC3)o2)cc1OCOCCOC.